The van der Waals surface area contributed by atoms with Crippen molar-refractivity contribution in [1.29, 1.82) is 0 Å². The minimum Gasteiger partial charge on any atom is -0.355 e. The number of amides is 1. The van der Waals surface area contributed by atoms with Crippen molar-refractivity contribution >= 4 is 5.91 Å². The largest absolute Gasteiger partial charge is 0.355 e. The van der Waals surface area contributed by atoms with Crippen molar-refractivity contribution in [2.24, 2.45) is 16.7 Å². The van der Waals surface area contributed by atoms with E-state index < -0.39 is 0 Å². The summed E-state index contributed by atoms with van der Waals surface area (Å²) in [7, 11) is 0. The van der Waals surface area contributed by atoms with Crippen LogP contribution in [0, 0.1) is 16.7 Å². The molecule has 122 valence electrons. The van der Waals surface area contributed by atoms with Gasteiger partial charge in [-0.2, -0.15) is 0 Å². The molecule has 1 aliphatic carbocycles. The molecule has 0 spiro atoms. The maximum atomic E-state index is 12.8. The summed E-state index contributed by atoms with van der Waals surface area (Å²) in [5.74, 6) is 1.03. The van der Waals surface area contributed by atoms with Crippen LogP contribution in [0.2, 0.25) is 0 Å². The van der Waals surface area contributed by atoms with Gasteiger partial charge in [0.05, 0.1) is 5.41 Å². The van der Waals surface area contributed by atoms with Gasteiger partial charge in [0, 0.05) is 13.1 Å². The molecule has 1 heterocycles. The first kappa shape index (κ1) is 16.8. The van der Waals surface area contributed by atoms with Gasteiger partial charge in [0.1, 0.15) is 0 Å². The molecule has 1 atom stereocenters. The molecule has 0 aromatic heterocycles. The summed E-state index contributed by atoms with van der Waals surface area (Å²) < 4.78 is 0. The molecule has 3 heteroatoms. The first-order valence-corrected chi connectivity index (χ1v) is 9.01. The third kappa shape index (κ3) is 4.00. The molecule has 1 saturated carbocycles. The van der Waals surface area contributed by atoms with Crippen molar-refractivity contribution in [1.82, 2.24) is 10.6 Å². The Kier molecular flexibility index (Phi) is 5.70. The molecule has 0 aromatic carbocycles. The zero-order valence-corrected chi connectivity index (χ0v) is 14.3. The SMILES string of the molecule is CCCC1(C(=O)NCC2(CC(C)C)CCCC2)CCNC1. The van der Waals surface area contributed by atoms with Gasteiger partial charge >= 0.3 is 0 Å². The predicted octanol–water partition coefficient (Wildman–Crippen LogP) is 3.49. The Morgan fingerprint density at radius 2 is 1.95 bits per heavy atom. The lowest BCUT2D eigenvalue weighted by Gasteiger charge is -2.34. The fourth-order valence-electron chi connectivity index (χ4n) is 4.64. The normalized spacial score (nSPS) is 28.2. The molecule has 21 heavy (non-hydrogen) atoms. The summed E-state index contributed by atoms with van der Waals surface area (Å²) >= 11 is 0. The Morgan fingerprint density at radius 1 is 1.24 bits per heavy atom. The standard InChI is InChI=1S/C18H34N2O/c1-4-7-18(10-11-19-14-18)16(21)20-13-17(12-15(2)3)8-5-6-9-17/h15,19H,4-14H2,1-3H3,(H,20,21). The zero-order chi connectivity index (χ0) is 15.3. The molecule has 0 aromatic rings. The molecule has 0 bridgehead atoms. The molecule has 1 aliphatic heterocycles. The molecule has 2 N–H and O–H groups in total. The maximum Gasteiger partial charge on any atom is 0.227 e. The first-order valence-electron chi connectivity index (χ1n) is 9.01. The second-order valence-electron chi connectivity index (χ2n) is 7.94. The van der Waals surface area contributed by atoms with Crippen LogP contribution in [0.4, 0.5) is 0 Å². The van der Waals surface area contributed by atoms with E-state index in [4.69, 9.17) is 0 Å². The molecular formula is C18H34N2O. The fraction of sp³-hybridized carbons (Fsp3) is 0.944. The van der Waals surface area contributed by atoms with Crippen molar-refractivity contribution in [2.75, 3.05) is 19.6 Å². The number of carbonyl (C=O) groups is 1. The number of nitrogens with one attached hydrogen (secondary N) is 2. The highest BCUT2D eigenvalue weighted by Gasteiger charge is 2.42. The van der Waals surface area contributed by atoms with Crippen LogP contribution in [0.25, 0.3) is 0 Å². The summed E-state index contributed by atoms with van der Waals surface area (Å²) in [6.07, 6.45) is 9.63. The summed E-state index contributed by atoms with van der Waals surface area (Å²) in [6.45, 7) is 9.55. The van der Waals surface area contributed by atoms with Gasteiger partial charge in [-0.15, -0.1) is 0 Å². The lowest BCUT2D eigenvalue weighted by molar-refractivity contribution is -0.131. The molecule has 2 aliphatic rings. The Balaban J connectivity index is 1.95. The molecule has 1 unspecified atom stereocenters. The highest BCUT2D eigenvalue weighted by Crippen LogP contribution is 2.43. The van der Waals surface area contributed by atoms with Crippen LogP contribution in [0.3, 0.4) is 0 Å². The van der Waals surface area contributed by atoms with Gasteiger partial charge in [0.25, 0.3) is 0 Å². The van der Waals surface area contributed by atoms with E-state index in [1.165, 1.54) is 32.1 Å². The lowest BCUT2D eigenvalue weighted by atomic mass is 9.77. The third-order valence-electron chi connectivity index (χ3n) is 5.58. The summed E-state index contributed by atoms with van der Waals surface area (Å²) in [5, 5.41) is 6.75. The van der Waals surface area contributed by atoms with Crippen molar-refractivity contribution in [3.05, 3.63) is 0 Å². The molecule has 1 saturated heterocycles. The minimum absolute atomic E-state index is 0.133. The van der Waals surface area contributed by atoms with E-state index in [0.29, 0.717) is 11.3 Å². The van der Waals surface area contributed by atoms with Crippen molar-refractivity contribution in [3.63, 3.8) is 0 Å². The van der Waals surface area contributed by atoms with Crippen LogP contribution in [-0.4, -0.2) is 25.5 Å². The average molecular weight is 294 g/mol. The van der Waals surface area contributed by atoms with Crippen LogP contribution < -0.4 is 10.6 Å². The van der Waals surface area contributed by atoms with Crippen LogP contribution >= 0.6 is 0 Å². The monoisotopic (exact) mass is 294 g/mol. The highest BCUT2D eigenvalue weighted by molar-refractivity contribution is 5.83. The van der Waals surface area contributed by atoms with Gasteiger partial charge in [-0.05, 0) is 50.0 Å². The van der Waals surface area contributed by atoms with E-state index in [2.05, 4.69) is 31.4 Å². The van der Waals surface area contributed by atoms with Crippen LogP contribution in [0.15, 0.2) is 0 Å². The van der Waals surface area contributed by atoms with Crippen LogP contribution in [-0.2, 0) is 4.79 Å². The van der Waals surface area contributed by atoms with Gasteiger partial charge in [0.15, 0.2) is 0 Å². The molecule has 2 fully saturated rings. The van der Waals surface area contributed by atoms with E-state index in [1.807, 2.05) is 0 Å². The lowest BCUT2D eigenvalue weighted by Crippen LogP contribution is -2.46. The molecule has 1 amide bonds. The second kappa shape index (κ2) is 7.13. The average Bonchev–Trinajstić information content (AvgIpc) is 3.07. The van der Waals surface area contributed by atoms with Crippen molar-refractivity contribution in [2.45, 2.75) is 72.1 Å². The molecule has 0 radical (unpaired) electrons. The Morgan fingerprint density at radius 3 is 2.48 bits per heavy atom. The molecule has 2 rings (SSSR count). The van der Waals surface area contributed by atoms with Gasteiger partial charge in [0.2, 0.25) is 5.91 Å². The number of carbonyl (C=O) groups excluding carboxylic acids is 1. The first-order chi connectivity index (χ1) is 10.0. The van der Waals surface area contributed by atoms with E-state index in [1.54, 1.807) is 0 Å². The smallest absolute Gasteiger partial charge is 0.227 e. The van der Waals surface area contributed by atoms with Gasteiger partial charge in [-0.1, -0.05) is 40.0 Å². The van der Waals surface area contributed by atoms with Gasteiger partial charge < -0.3 is 10.6 Å². The quantitative estimate of drug-likeness (QED) is 0.754. The van der Waals surface area contributed by atoms with E-state index in [0.717, 1.165) is 44.8 Å². The third-order valence-corrected chi connectivity index (χ3v) is 5.58. The predicted molar refractivity (Wildman–Crippen MR) is 88.2 cm³/mol. The number of hydrogen-bond acceptors (Lipinski definition) is 2. The van der Waals surface area contributed by atoms with Crippen LogP contribution in [0.1, 0.15) is 72.1 Å². The number of hydrogen-bond donors (Lipinski definition) is 2. The molecule has 3 nitrogen and oxygen atoms in total. The second-order valence-corrected chi connectivity index (χ2v) is 7.94. The van der Waals surface area contributed by atoms with Gasteiger partial charge in [-0.25, -0.2) is 0 Å². The maximum absolute atomic E-state index is 12.8. The van der Waals surface area contributed by atoms with E-state index in [9.17, 15) is 4.79 Å². The Bertz CT molecular complexity index is 339. The zero-order valence-electron chi connectivity index (χ0n) is 14.3. The van der Waals surface area contributed by atoms with Crippen molar-refractivity contribution in [3.8, 4) is 0 Å². The Hall–Kier alpha value is -0.570. The highest BCUT2D eigenvalue weighted by atomic mass is 16.2. The van der Waals surface area contributed by atoms with E-state index >= 15 is 0 Å². The topological polar surface area (TPSA) is 41.1 Å². The molecular weight excluding hydrogens is 260 g/mol. The fourth-order valence-corrected chi connectivity index (χ4v) is 4.64. The summed E-state index contributed by atoms with van der Waals surface area (Å²) in [5.41, 5.74) is 0.246. The van der Waals surface area contributed by atoms with Gasteiger partial charge in [-0.3, -0.25) is 4.79 Å². The summed E-state index contributed by atoms with van der Waals surface area (Å²) in [4.78, 5) is 12.8. The number of rotatable bonds is 7. The van der Waals surface area contributed by atoms with Crippen LogP contribution in [0.5, 0.6) is 0 Å². The Labute approximate surface area is 130 Å². The summed E-state index contributed by atoms with van der Waals surface area (Å²) in [6, 6.07) is 0. The minimum atomic E-state index is -0.133. The van der Waals surface area contributed by atoms with Crippen molar-refractivity contribution < 1.29 is 4.79 Å². The van der Waals surface area contributed by atoms with E-state index in [-0.39, 0.29) is 5.41 Å².